The van der Waals surface area contributed by atoms with Gasteiger partial charge in [-0.25, -0.2) is 0 Å². The number of benzene rings is 10. The number of rotatable bonds is 9. The minimum atomic E-state index is -0.875. The summed E-state index contributed by atoms with van der Waals surface area (Å²) in [6.45, 7) is 0. The van der Waals surface area contributed by atoms with E-state index in [-0.39, 0.29) is 11.3 Å². The van der Waals surface area contributed by atoms with Crippen LogP contribution in [0.1, 0.15) is 23.3 Å². The van der Waals surface area contributed by atoms with Crippen LogP contribution in [0.25, 0.3) is 77.5 Å². The third-order valence-corrected chi connectivity index (χ3v) is 9.98. The molecule has 0 unspecified atom stereocenters. The van der Waals surface area contributed by atoms with E-state index in [1.807, 2.05) is 97.1 Å². The predicted molar refractivity (Wildman–Crippen MR) is 251 cm³/mol. The Morgan fingerprint density at radius 2 is 0.695 bits per heavy atom. The minimum Gasteiger partial charge on any atom is -0.311 e. The fourth-order valence-electron chi connectivity index (χ4n) is 7.04. The number of hydrogen-bond acceptors (Lipinski definition) is 1. The van der Waals surface area contributed by atoms with E-state index in [9.17, 15) is 11.0 Å². The summed E-state index contributed by atoms with van der Waals surface area (Å²) in [5.41, 5.74) is 2.14. The average Bonchev–Trinajstić information content (AvgIpc) is 3.45. The molecule has 10 aromatic carbocycles. The van der Waals surface area contributed by atoms with Crippen molar-refractivity contribution in [3.05, 3.63) is 248 Å². The molecule has 0 spiro atoms. The molecule has 0 amide bonds. The van der Waals surface area contributed by atoms with E-state index in [0.29, 0.717) is 5.56 Å². The van der Waals surface area contributed by atoms with Gasteiger partial charge in [-0.15, -0.1) is 0 Å². The Morgan fingerprint density at radius 1 is 0.271 bits per heavy atom. The summed E-state index contributed by atoms with van der Waals surface area (Å²) in [5, 5.41) is 2.14. The third-order valence-electron chi connectivity index (χ3n) is 9.98. The lowest BCUT2D eigenvalue weighted by atomic mass is 9.95. The first-order valence-electron chi connectivity index (χ1n) is 27.4. The van der Waals surface area contributed by atoms with Gasteiger partial charge in [0, 0.05) is 17.1 Å². The molecule has 0 aliphatic heterocycles. The van der Waals surface area contributed by atoms with Crippen molar-refractivity contribution in [2.75, 3.05) is 4.90 Å². The molecule has 1 nitrogen and oxygen atoms in total. The molecule has 0 aromatic heterocycles. The van der Waals surface area contributed by atoms with Crippen molar-refractivity contribution in [1.29, 1.82) is 0 Å². The Kier molecular flexibility index (Phi) is 5.89. The molecule has 0 bridgehead atoms. The maximum Gasteiger partial charge on any atom is 0.0645 e. The van der Waals surface area contributed by atoms with Crippen LogP contribution in [0.5, 0.6) is 0 Å². The van der Waals surface area contributed by atoms with Gasteiger partial charge in [0.1, 0.15) is 0 Å². The Balaban J connectivity index is 1.17. The molecule has 0 N–H and O–H groups in total. The molecule has 0 saturated heterocycles. The molecule has 0 saturated carbocycles. The molecule has 10 rings (SSSR count). The Bertz CT molecular complexity index is 3910. The summed E-state index contributed by atoms with van der Waals surface area (Å²) in [4.78, 5) is 1.13. The van der Waals surface area contributed by atoms with Gasteiger partial charge in [-0.05, 0) is 126 Å². The lowest BCUT2D eigenvalue weighted by molar-refractivity contribution is 1.28. The first-order chi connectivity index (χ1) is 36.3. The Labute approximate surface area is 370 Å². The first kappa shape index (κ1) is 21.7. The number of hydrogen-bond donors (Lipinski definition) is 0. The van der Waals surface area contributed by atoms with Crippen LogP contribution in [0, 0.1) is 0 Å². The molecule has 0 heterocycles. The van der Waals surface area contributed by atoms with Crippen LogP contribution >= 0.6 is 0 Å². The molecular formula is C58H41N. The summed E-state index contributed by atoms with van der Waals surface area (Å²) in [6, 6.07) is 32.5. The van der Waals surface area contributed by atoms with Crippen LogP contribution in [0.15, 0.2) is 248 Å². The zero-order chi connectivity index (χ0) is 54.2. The van der Waals surface area contributed by atoms with Gasteiger partial charge in [0.25, 0.3) is 0 Å². The van der Waals surface area contributed by atoms with Crippen LogP contribution in [-0.2, 0) is 0 Å². The highest BCUT2D eigenvalue weighted by atomic mass is 15.1. The highest BCUT2D eigenvalue weighted by Crippen LogP contribution is 2.39. The largest absolute Gasteiger partial charge is 0.311 e. The number of fused-ring (bicyclic) bond motifs is 1. The maximum absolute atomic E-state index is 9.60. The van der Waals surface area contributed by atoms with E-state index in [2.05, 4.69) is 6.07 Å². The van der Waals surface area contributed by atoms with Crippen molar-refractivity contribution >= 4 is 27.8 Å². The highest BCUT2D eigenvalue weighted by Gasteiger charge is 2.15. The van der Waals surface area contributed by atoms with Crippen molar-refractivity contribution in [2.45, 2.75) is 0 Å². The summed E-state index contributed by atoms with van der Waals surface area (Å²) < 4.78 is 154. The van der Waals surface area contributed by atoms with Crippen molar-refractivity contribution < 1.29 is 23.3 Å². The molecule has 0 aliphatic carbocycles. The fourth-order valence-corrected chi connectivity index (χ4v) is 7.04. The van der Waals surface area contributed by atoms with Crippen LogP contribution in [0.2, 0.25) is 0 Å². The van der Waals surface area contributed by atoms with Crippen LogP contribution in [0.3, 0.4) is 0 Å². The Hall–Kier alpha value is -7.74. The second-order valence-corrected chi connectivity index (χ2v) is 13.6. The highest BCUT2D eigenvalue weighted by molar-refractivity contribution is 5.97. The average molecular weight is 769 g/mol. The second-order valence-electron chi connectivity index (χ2n) is 13.6. The monoisotopic (exact) mass is 768 g/mol. The van der Waals surface area contributed by atoms with Gasteiger partial charge in [0.05, 0.1) is 23.3 Å². The van der Waals surface area contributed by atoms with E-state index in [0.717, 1.165) is 49.1 Å². The molecule has 278 valence electrons. The van der Waals surface area contributed by atoms with Gasteiger partial charge >= 0.3 is 0 Å². The van der Waals surface area contributed by atoms with E-state index in [1.54, 1.807) is 42.5 Å². The van der Waals surface area contributed by atoms with Crippen LogP contribution in [0.4, 0.5) is 17.1 Å². The molecule has 0 fully saturated rings. The van der Waals surface area contributed by atoms with Gasteiger partial charge in [0.15, 0.2) is 0 Å². The van der Waals surface area contributed by atoms with E-state index >= 15 is 0 Å². The summed E-state index contributed by atoms with van der Waals surface area (Å²) >= 11 is 0. The van der Waals surface area contributed by atoms with E-state index < -0.39 is 136 Å². The first-order valence-corrected chi connectivity index (χ1v) is 18.9. The molecule has 0 aliphatic rings. The van der Waals surface area contributed by atoms with Gasteiger partial charge in [-0.1, -0.05) is 200 Å². The summed E-state index contributed by atoms with van der Waals surface area (Å²) in [5.74, 6) is 0. The van der Waals surface area contributed by atoms with Crippen LogP contribution < -0.4 is 4.90 Å². The van der Waals surface area contributed by atoms with Crippen molar-refractivity contribution in [3.63, 3.8) is 0 Å². The third kappa shape index (κ3) is 7.46. The van der Waals surface area contributed by atoms with E-state index in [1.165, 1.54) is 0 Å². The van der Waals surface area contributed by atoms with Gasteiger partial charge < -0.3 is 4.90 Å². The van der Waals surface area contributed by atoms with Crippen LogP contribution in [-0.4, -0.2) is 0 Å². The van der Waals surface area contributed by atoms with Gasteiger partial charge in [0.2, 0.25) is 0 Å². The molecule has 59 heavy (non-hydrogen) atoms. The maximum atomic E-state index is 9.60. The fraction of sp³-hybridized carbons (Fsp3) is 0. The number of anilines is 3. The predicted octanol–water partition coefficient (Wildman–Crippen LogP) is 16.3. The molecule has 10 aromatic rings. The molecule has 1 heteroatoms. The van der Waals surface area contributed by atoms with Crippen molar-refractivity contribution in [2.24, 2.45) is 0 Å². The second kappa shape index (κ2) is 16.0. The summed E-state index contributed by atoms with van der Waals surface area (Å²) in [6.07, 6.45) is 0. The lowest BCUT2D eigenvalue weighted by Crippen LogP contribution is -2.09. The zero-order valence-electron chi connectivity index (χ0n) is 48.3. The van der Waals surface area contributed by atoms with E-state index in [4.69, 9.17) is 12.3 Å². The standard InChI is InChI=1S/C58H41N/c1-3-12-42(13-4-1)44-24-26-45(27-25-44)46-28-34-54(35-29-46)59(55-36-30-47(31-37-55)51-19-9-18-50(40-51)43-14-5-2-6-15-43)56-38-32-48(33-39-56)52-20-10-21-53(41-52)58-23-11-17-49-16-7-8-22-57(49)58/h1-41H/i1D,3D,4D,12D,13D,24D,25D,26D,27D,28D,29D,30D,31D,34D,35D,36D,37D. The normalized spacial score (nSPS) is 15.1. The zero-order valence-corrected chi connectivity index (χ0v) is 31.3. The number of nitrogens with zero attached hydrogens (tertiary/aromatic N) is 1. The Morgan fingerprint density at radius 3 is 1.32 bits per heavy atom. The smallest absolute Gasteiger partial charge is 0.0645 e. The molecular weight excluding hydrogens is 711 g/mol. The lowest BCUT2D eigenvalue weighted by Gasteiger charge is -2.26. The quantitative estimate of drug-likeness (QED) is 0.141. The topological polar surface area (TPSA) is 3.24 Å². The minimum absolute atomic E-state index is 0.0248. The van der Waals surface area contributed by atoms with Gasteiger partial charge in [-0.3, -0.25) is 0 Å². The SMILES string of the molecule is [2H]c1c([2H])c([2H])c(-c2c([2H])c([2H])c(-c3c([2H])c([2H])c(N(c4ccc(-c5cccc(-c6cccc7ccccc67)c5)cc4)c4c([2H])c([2H])c(-c5cccc(-c6ccccc6)c5)c([2H])c4[2H])c([2H])c3[2H])c([2H])c2[2H])c([2H])c1[2H]. The van der Waals surface area contributed by atoms with Crippen molar-refractivity contribution in [1.82, 2.24) is 0 Å². The molecule has 0 radical (unpaired) electrons. The summed E-state index contributed by atoms with van der Waals surface area (Å²) in [7, 11) is 0. The van der Waals surface area contributed by atoms with Crippen molar-refractivity contribution in [3.8, 4) is 66.8 Å². The van der Waals surface area contributed by atoms with Gasteiger partial charge in [-0.2, -0.15) is 0 Å². The molecule has 0 atom stereocenters.